The van der Waals surface area contributed by atoms with Gasteiger partial charge in [-0.05, 0) is 24.5 Å². The zero-order valence-corrected chi connectivity index (χ0v) is 11.4. The fraction of sp³-hybridized carbons (Fsp3) is 0.500. The molecule has 1 rings (SSSR count). The van der Waals surface area contributed by atoms with Crippen molar-refractivity contribution in [3.63, 3.8) is 0 Å². The molecule has 0 saturated carbocycles. The number of anilines is 1. The Bertz CT molecular complexity index is 418. The number of carbonyl (C=O) groups is 1. The average Bonchev–Trinajstić information content (AvgIpc) is 2.32. The van der Waals surface area contributed by atoms with Gasteiger partial charge in [0, 0.05) is 18.4 Å². The van der Waals surface area contributed by atoms with Gasteiger partial charge in [-0.3, -0.25) is 0 Å². The molecule has 3 N–H and O–H groups in total. The Kier molecular flexibility index (Phi) is 6.15. The lowest BCUT2D eigenvalue weighted by Crippen LogP contribution is -2.09. The Labute approximate surface area is 113 Å². The van der Waals surface area contributed by atoms with Gasteiger partial charge in [-0.25, -0.2) is 4.79 Å². The smallest absolute Gasteiger partial charge is 0.337 e. The quantitative estimate of drug-likeness (QED) is 0.558. The zero-order chi connectivity index (χ0) is 14.3. The van der Waals surface area contributed by atoms with Gasteiger partial charge < -0.3 is 20.3 Å². The molecule has 0 spiro atoms. The molecule has 0 aromatic heterocycles. The third-order valence-corrected chi connectivity index (χ3v) is 2.59. The predicted molar refractivity (Wildman–Crippen MR) is 73.6 cm³/mol. The molecule has 0 aliphatic carbocycles. The number of hydrogen-bond donors (Lipinski definition) is 2. The van der Waals surface area contributed by atoms with Crippen molar-refractivity contribution in [3.05, 3.63) is 23.8 Å². The normalized spacial score (nSPS) is 10.7. The SMILES string of the molecule is CC(C)CCOCCOc1ccc(C(=O)O)c(N)c1. The van der Waals surface area contributed by atoms with Crippen LogP contribution in [0.1, 0.15) is 30.6 Å². The van der Waals surface area contributed by atoms with E-state index in [9.17, 15) is 4.79 Å². The van der Waals surface area contributed by atoms with E-state index < -0.39 is 5.97 Å². The molecular weight excluding hydrogens is 246 g/mol. The van der Waals surface area contributed by atoms with Gasteiger partial charge in [0.15, 0.2) is 0 Å². The minimum Gasteiger partial charge on any atom is -0.491 e. The van der Waals surface area contributed by atoms with Crippen molar-refractivity contribution in [1.29, 1.82) is 0 Å². The lowest BCUT2D eigenvalue weighted by molar-refractivity contribution is 0.0698. The molecule has 106 valence electrons. The van der Waals surface area contributed by atoms with Crippen molar-refractivity contribution >= 4 is 11.7 Å². The molecular formula is C14H21NO4. The minimum atomic E-state index is -1.04. The highest BCUT2D eigenvalue weighted by molar-refractivity contribution is 5.93. The molecule has 1 aromatic rings. The van der Waals surface area contributed by atoms with Crippen LogP contribution in [0.15, 0.2) is 18.2 Å². The van der Waals surface area contributed by atoms with Crippen LogP contribution in [0.2, 0.25) is 0 Å². The molecule has 0 atom stereocenters. The van der Waals surface area contributed by atoms with Gasteiger partial charge in [-0.2, -0.15) is 0 Å². The van der Waals surface area contributed by atoms with Crippen molar-refractivity contribution in [2.24, 2.45) is 5.92 Å². The summed E-state index contributed by atoms with van der Waals surface area (Å²) in [5, 5.41) is 8.83. The van der Waals surface area contributed by atoms with Gasteiger partial charge in [0.05, 0.1) is 12.2 Å². The first-order chi connectivity index (χ1) is 9.00. The molecule has 0 amide bonds. The summed E-state index contributed by atoms with van der Waals surface area (Å²) in [6, 6.07) is 4.54. The second-order valence-corrected chi connectivity index (χ2v) is 4.70. The van der Waals surface area contributed by atoms with Gasteiger partial charge >= 0.3 is 5.97 Å². The van der Waals surface area contributed by atoms with Crippen LogP contribution in [-0.2, 0) is 4.74 Å². The van der Waals surface area contributed by atoms with E-state index in [1.807, 2.05) is 0 Å². The van der Waals surface area contributed by atoms with E-state index in [0.29, 0.717) is 24.9 Å². The number of hydrogen-bond acceptors (Lipinski definition) is 4. The minimum absolute atomic E-state index is 0.0838. The second kappa shape index (κ2) is 7.63. The Morgan fingerprint density at radius 3 is 2.63 bits per heavy atom. The van der Waals surface area contributed by atoms with Crippen LogP contribution in [0, 0.1) is 5.92 Å². The molecule has 0 radical (unpaired) electrons. The number of benzene rings is 1. The van der Waals surface area contributed by atoms with E-state index in [0.717, 1.165) is 13.0 Å². The summed E-state index contributed by atoms with van der Waals surface area (Å²) in [7, 11) is 0. The highest BCUT2D eigenvalue weighted by Crippen LogP contribution is 2.19. The monoisotopic (exact) mass is 267 g/mol. The van der Waals surface area contributed by atoms with Crippen molar-refractivity contribution in [2.45, 2.75) is 20.3 Å². The number of carboxylic acids is 1. The van der Waals surface area contributed by atoms with Crippen molar-refractivity contribution in [3.8, 4) is 5.75 Å². The summed E-state index contributed by atoms with van der Waals surface area (Å²) >= 11 is 0. The molecule has 0 fully saturated rings. The molecule has 0 aliphatic heterocycles. The number of rotatable bonds is 8. The summed E-state index contributed by atoms with van der Waals surface area (Å²) < 4.78 is 10.8. The van der Waals surface area contributed by atoms with Crippen molar-refractivity contribution in [1.82, 2.24) is 0 Å². The van der Waals surface area contributed by atoms with Crippen LogP contribution < -0.4 is 10.5 Å². The first kappa shape index (κ1) is 15.3. The first-order valence-corrected chi connectivity index (χ1v) is 6.34. The fourth-order valence-electron chi connectivity index (χ4n) is 1.46. The van der Waals surface area contributed by atoms with Crippen LogP contribution in [0.25, 0.3) is 0 Å². The maximum Gasteiger partial charge on any atom is 0.337 e. The van der Waals surface area contributed by atoms with E-state index >= 15 is 0 Å². The highest BCUT2D eigenvalue weighted by atomic mass is 16.5. The van der Waals surface area contributed by atoms with Crippen LogP contribution in [0.3, 0.4) is 0 Å². The number of carboxylic acid groups (broad SMARTS) is 1. The molecule has 1 aromatic carbocycles. The number of nitrogens with two attached hydrogens (primary N) is 1. The van der Waals surface area contributed by atoms with Crippen LogP contribution in [-0.4, -0.2) is 30.9 Å². The Morgan fingerprint density at radius 1 is 1.32 bits per heavy atom. The third-order valence-electron chi connectivity index (χ3n) is 2.59. The number of nitrogen functional groups attached to an aromatic ring is 1. The topological polar surface area (TPSA) is 81.8 Å². The molecule has 0 saturated heterocycles. The highest BCUT2D eigenvalue weighted by Gasteiger charge is 2.08. The summed E-state index contributed by atoms with van der Waals surface area (Å²) in [6.45, 7) is 5.94. The van der Waals surface area contributed by atoms with Gasteiger partial charge in [0.25, 0.3) is 0 Å². The molecule has 0 aliphatic rings. The van der Waals surface area contributed by atoms with Crippen molar-refractivity contribution in [2.75, 3.05) is 25.6 Å². The average molecular weight is 267 g/mol. The molecule has 19 heavy (non-hydrogen) atoms. The van der Waals surface area contributed by atoms with Crippen LogP contribution in [0.4, 0.5) is 5.69 Å². The summed E-state index contributed by atoms with van der Waals surface area (Å²) in [5.74, 6) is 0.139. The van der Waals surface area contributed by atoms with Crippen molar-refractivity contribution < 1.29 is 19.4 Å². The van der Waals surface area contributed by atoms with Gasteiger partial charge in [0.1, 0.15) is 12.4 Å². The summed E-state index contributed by atoms with van der Waals surface area (Å²) in [4.78, 5) is 10.8. The Morgan fingerprint density at radius 2 is 2.05 bits per heavy atom. The van der Waals surface area contributed by atoms with Crippen LogP contribution in [0.5, 0.6) is 5.75 Å². The number of ether oxygens (including phenoxy) is 2. The predicted octanol–water partition coefficient (Wildman–Crippen LogP) is 2.41. The molecule has 0 heterocycles. The van der Waals surface area contributed by atoms with E-state index in [2.05, 4.69) is 13.8 Å². The van der Waals surface area contributed by atoms with Crippen LogP contribution >= 0.6 is 0 Å². The van der Waals surface area contributed by atoms with E-state index in [1.54, 1.807) is 6.07 Å². The number of aromatic carboxylic acids is 1. The van der Waals surface area contributed by atoms with E-state index in [1.165, 1.54) is 12.1 Å². The lowest BCUT2D eigenvalue weighted by atomic mass is 10.1. The largest absolute Gasteiger partial charge is 0.491 e. The molecule has 5 nitrogen and oxygen atoms in total. The van der Waals surface area contributed by atoms with Gasteiger partial charge in [0.2, 0.25) is 0 Å². The summed E-state index contributed by atoms with van der Waals surface area (Å²) in [5.41, 5.74) is 5.90. The molecule has 0 bridgehead atoms. The third kappa shape index (κ3) is 5.61. The standard InChI is InChI=1S/C14H21NO4/c1-10(2)5-6-18-7-8-19-11-3-4-12(14(16)17)13(15)9-11/h3-4,9-10H,5-8,15H2,1-2H3,(H,16,17). The van der Waals surface area contributed by atoms with Gasteiger partial charge in [-0.15, -0.1) is 0 Å². The maximum absolute atomic E-state index is 10.8. The fourth-order valence-corrected chi connectivity index (χ4v) is 1.46. The lowest BCUT2D eigenvalue weighted by Gasteiger charge is -2.09. The Hall–Kier alpha value is -1.75. The van der Waals surface area contributed by atoms with E-state index in [4.69, 9.17) is 20.3 Å². The van der Waals surface area contributed by atoms with Gasteiger partial charge in [-0.1, -0.05) is 13.8 Å². The first-order valence-electron chi connectivity index (χ1n) is 6.34. The molecule has 5 heteroatoms. The Balaban J connectivity index is 2.30. The summed E-state index contributed by atoms with van der Waals surface area (Å²) in [6.07, 6.45) is 1.03. The molecule has 0 unspecified atom stereocenters. The maximum atomic E-state index is 10.8. The zero-order valence-electron chi connectivity index (χ0n) is 11.4. The second-order valence-electron chi connectivity index (χ2n) is 4.70. The van der Waals surface area contributed by atoms with E-state index in [-0.39, 0.29) is 11.3 Å².